The van der Waals surface area contributed by atoms with Gasteiger partial charge in [-0.25, -0.2) is 4.39 Å². The maximum atomic E-state index is 17.0. The summed E-state index contributed by atoms with van der Waals surface area (Å²) >= 11 is 0. The molecule has 2 aliphatic rings. The van der Waals surface area contributed by atoms with Gasteiger partial charge in [-0.1, -0.05) is 69.2 Å². The van der Waals surface area contributed by atoms with E-state index in [1.807, 2.05) is 30.3 Å². The molecular formula is C32H37FO. The van der Waals surface area contributed by atoms with Crippen LogP contribution in [0.4, 0.5) is 4.39 Å². The van der Waals surface area contributed by atoms with Crippen molar-refractivity contribution >= 4 is 11.1 Å². The van der Waals surface area contributed by atoms with Crippen LogP contribution >= 0.6 is 0 Å². The van der Waals surface area contributed by atoms with Crippen LogP contribution in [0.15, 0.2) is 69.8 Å². The lowest BCUT2D eigenvalue weighted by molar-refractivity contribution is 0.473. The molecule has 0 aliphatic heterocycles. The maximum Gasteiger partial charge on any atom is 0.139 e. The molecule has 34 heavy (non-hydrogen) atoms. The highest BCUT2D eigenvalue weighted by molar-refractivity contribution is 5.95. The molecule has 0 fully saturated rings. The number of phenols is 1. The summed E-state index contributed by atoms with van der Waals surface area (Å²) in [5.74, 6) is -0.124. The first-order chi connectivity index (χ1) is 15.7. The van der Waals surface area contributed by atoms with E-state index in [1.54, 1.807) is 6.07 Å². The number of rotatable bonds is 3. The van der Waals surface area contributed by atoms with Crippen molar-refractivity contribution in [3.05, 3.63) is 86.8 Å². The zero-order chi connectivity index (χ0) is 25.3. The molecule has 0 radical (unpaired) electrons. The van der Waals surface area contributed by atoms with Crippen LogP contribution in [-0.4, -0.2) is 5.11 Å². The molecule has 0 saturated heterocycles. The van der Waals surface area contributed by atoms with Crippen molar-refractivity contribution in [1.29, 1.82) is 0 Å². The SMILES string of the molecule is CC1=C(C)C(C)(C)C(c2cc(O)c(-c3ccccc3)c(C3=C(C)C(C)=C(C)C3(C)C)c2F)=C1C. The zero-order valence-electron chi connectivity index (χ0n) is 22.3. The van der Waals surface area contributed by atoms with Crippen molar-refractivity contribution in [2.75, 3.05) is 0 Å². The summed E-state index contributed by atoms with van der Waals surface area (Å²) in [5.41, 5.74) is 10.8. The van der Waals surface area contributed by atoms with Crippen molar-refractivity contribution in [2.24, 2.45) is 10.8 Å². The summed E-state index contributed by atoms with van der Waals surface area (Å²) in [5, 5.41) is 11.5. The Kier molecular flexibility index (Phi) is 5.59. The molecule has 2 heteroatoms. The van der Waals surface area contributed by atoms with Gasteiger partial charge in [0.25, 0.3) is 0 Å². The smallest absolute Gasteiger partial charge is 0.139 e. The minimum Gasteiger partial charge on any atom is -0.507 e. The molecule has 0 spiro atoms. The van der Waals surface area contributed by atoms with E-state index in [2.05, 4.69) is 69.2 Å². The monoisotopic (exact) mass is 456 g/mol. The second kappa shape index (κ2) is 7.83. The quantitative estimate of drug-likeness (QED) is 0.487. The summed E-state index contributed by atoms with van der Waals surface area (Å²) in [7, 11) is 0. The fourth-order valence-corrected chi connectivity index (χ4v) is 6.18. The van der Waals surface area contributed by atoms with Gasteiger partial charge in [-0.3, -0.25) is 0 Å². The molecule has 1 N–H and O–H groups in total. The summed E-state index contributed by atoms with van der Waals surface area (Å²) < 4.78 is 17.0. The highest BCUT2D eigenvalue weighted by atomic mass is 19.1. The van der Waals surface area contributed by atoms with Crippen LogP contribution in [0.25, 0.3) is 22.3 Å². The van der Waals surface area contributed by atoms with Crippen LogP contribution in [0, 0.1) is 16.6 Å². The molecule has 178 valence electrons. The van der Waals surface area contributed by atoms with E-state index in [0.29, 0.717) is 16.7 Å². The summed E-state index contributed by atoms with van der Waals surface area (Å²) in [6.45, 7) is 21.3. The Hall–Kier alpha value is -2.87. The van der Waals surface area contributed by atoms with Crippen molar-refractivity contribution in [3.8, 4) is 16.9 Å². The van der Waals surface area contributed by atoms with Gasteiger partial charge in [0.1, 0.15) is 11.6 Å². The van der Waals surface area contributed by atoms with Gasteiger partial charge in [0.15, 0.2) is 0 Å². The Morgan fingerprint density at radius 2 is 1.12 bits per heavy atom. The molecule has 0 amide bonds. The lowest BCUT2D eigenvalue weighted by Crippen LogP contribution is -2.17. The summed E-state index contributed by atoms with van der Waals surface area (Å²) in [4.78, 5) is 0. The first kappa shape index (κ1) is 24.3. The number of hydrogen-bond donors (Lipinski definition) is 1. The van der Waals surface area contributed by atoms with Crippen molar-refractivity contribution < 1.29 is 9.50 Å². The fourth-order valence-electron chi connectivity index (χ4n) is 6.18. The van der Waals surface area contributed by atoms with Gasteiger partial charge in [0.2, 0.25) is 0 Å². The van der Waals surface area contributed by atoms with E-state index in [0.717, 1.165) is 27.9 Å². The third-order valence-corrected chi connectivity index (χ3v) is 8.95. The summed E-state index contributed by atoms with van der Waals surface area (Å²) in [6.07, 6.45) is 0. The van der Waals surface area contributed by atoms with Crippen molar-refractivity contribution in [3.63, 3.8) is 0 Å². The minimum atomic E-state index is -0.345. The number of allylic oxidation sites excluding steroid dienone is 8. The maximum absolute atomic E-state index is 17.0. The fraction of sp³-hybridized carbons (Fsp3) is 0.375. The van der Waals surface area contributed by atoms with Crippen LogP contribution < -0.4 is 0 Å². The van der Waals surface area contributed by atoms with Gasteiger partial charge in [-0.2, -0.15) is 0 Å². The third-order valence-electron chi connectivity index (χ3n) is 8.95. The molecule has 4 rings (SSSR count). The molecule has 0 unspecified atom stereocenters. The molecule has 0 bridgehead atoms. The van der Waals surface area contributed by atoms with E-state index >= 15 is 4.39 Å². The average molecular weight is 457 g/mol. The van der Waals surface area contributed by atoms with Gasteiger partial charge in [-0.15, -0.1) is 0 Å². The molecule has 2 aliphatic carbocycles. The molecule has 1 nitrogen and oxygen atoms in total. The number of hydrogen-bond acceptors (Lipinski definition) is 1. The first-order valence-corrected chi connectivity index (χ1v) is 12.2. The second-order valence-corrected chi connectivity index (χ2v) is 11.1. The third kappa shape index (κ3) is 3.18. The second-order valence-electron chi connectivity index (χ2n) is 11.1. The molecule has 0 saturated carbocycles. The molecule has 0 aromatic heterocycles. The Labute approximate surface area is 204 Å². The van der Waals surface area contributed by atoms with E-state index < -0.39 is 0 Å². The molecule has 0 atom stereocenters. The predicted molar refractivity (Wildman–Crippen MR) is 143 cm³/mol. The van der Waals surface area contributed by atoms with Crippen molar-refractivity contribution in [2.45, 2.75) is 69.2 Å². The molecule has 0 heterocycles. The zero-order valence-corrected chi connectivity index (χ0v) is 22.3. The Morgan fingerprint density at radius 3 is 1.56 bits per heavy atom. The Morgan fingerprint density at radius 1 is 0.647 bits per heavy atom. The Bertz CT molecular complexity index is 1340. The van der Waals surface area contributed by atoms with E-state index in [-0.39, 0.29) is 22.4 Å². The van der Waals surface area contributed by atoms with Gasteiger partial charge in [0.05, 0.1) is 0 Å². The topological polar surface area (TPSA) is 20.2 Å². The average Bonchev–Trinajstić information content (AvgIpc) is 3.03. The standard InChI is InChI=1S/C32H37FO/c1-17-19(3)28(31(7,8)21(17)5)24-16-25(34)26(23-14-12-11-13-15-23)27(30(24)33)29-20(4)18(2)22(6)32(29,9)10/h11-16,34H,1-10H3. The number of halogens is 1. The lowest BCUT2D eigenvalue weighted by atomic mass is 9.73. The molecule has 2 aromatic rings. The number of phenolic OH excluding ortho intramolecular Hbond substituents is 1. The van der Waals surface area contributed by atoms with Crippen LogP contribution in [0.3, 0.4) is 0 Å². The van der Waals surface area contributed by atoms with Gasteiger partial charge in [-0.05, 0) is 86.6 Å². The van der Waals surface area contributed by atoms with Gasteiger partial charge >= 0.3 is 0 Å². The highest BCUT2D eigenvalue weighted by Gasteiger charge is 2.41. The normalized spacial score (nSPS) is 19.7. The van der Waals surface area contributed by atoms with Gasteiger partial charge < -0.3 is 5.11 Å². The lowest BCUT2D eigenvalue weighted by Gasteiger charge is -2.31. The van der Waals surface area contributed by atoms with Crippen LogP contribution in [0.5, 0.6) is 5.75 Å². The number of benzene rings is 2. The van der Waals surface area contributed by atoms with E-state index in [9.17, 15) is 5.11 Å². The van der Waals surface area contributed by atoms with Crippen LogP contribution in [-0.2, 0) is 0 Å². The molecule has 2 aromatic carbocycles. The Balaban J connectivity index is 2.14. The van der Waals surface area contributed by atoms with Crippen LogP contribution in [0.1, 0.15) is 80.4 Å². The highest BCUT2D eigenvalue weighted by Crippen LogP contribution is 2.57. The predicted octanol–water partition coefficient (Wildman–Crippen LogP) is 9.50. The van der Waals surface area contributed by atoms with Crippen molar-refractivity contribution in [1.82, 2.24) is 0 Å². The largest absolute Gasteiger partial charge is 0.507 e. The van der Waals surface area contributed by atoms with E-state index in [4.69, 9.17) is 0 Å². The summed E-state index contributed by atoms with van der Waals surface area (Å²) in [6, 6.07) is 11.4. The van der Waals surface area contributed by atoms with Gasteiger partial charge in [0, 0.05) is 27.5 Å². The number of aromatic hydroxyl groups is 1. The van der Waals surface area contributed by atoms with E-state index in [1.165, 1.54) is 22.3 Å². The minimum absolute atomic E-state index is 0.120. The van der Waals surface area contributed by atoms with Crippen LogP contribution in [0.2, 0.25) is 0 Å². The molecular weight excluding hydrogens is 419 g/mol. The first-order valence-electron chi connectivity index (χ1n) is 12.2.